The summed E-state index contributed by atoms with van der Waals surface area (Å²) in [4.78, 5) is 22.1. The first kappa shape index (κ1) is 16.1. The van der Waals surface area contributed by atoms with Crippen LogP contribution in [0.5, 0.6) is 0 Å². The number of ether oxygens (including phenoxy) is 1. The highest BCUT2D eigenvalue weighted by molar-refractivity contribution is 6.58. The van der Waals surface area contributed by atoms with Crippen LogP contribution in [0.15, 0.2) is 18.2 Å². The number of carbonyl (C=O) groups excluding carboxylic acids is 1. The number of methoxy groups -OCH3 is 1. The van der Waals surface area contributed by atoms with E-state index < -0.39 is 23.6 Å². The highest BCUT2D eigenvalue weighted by Gasteiger charge is 2.23. The predicted molar refractivity (Wildman–Crippen MR) is 71.7 cm³/mol. The topological polar surface area (TPSA) is 122 Å². The lowest BCUT2D eigenvalue weighted by atomic mass is 9.79. The minimum absolute atomic E-state index is 0.0117. The van der Waals surface area contributed by atoms with Gasteiger partial charge in [-0.3, -0.25) is 14.9 Å². The van der Waals surface area contributed by atoms with Crippen LogP contribution in [0.4, 0.5) is 5.69 Å². The number of nitrogens with zero attached hydrogens (tertiary/aromatic N) is 1. The Morgan fingerprint density at radius 2 is 2.20 bits per heavy atom. The molecule has 0 radical (unpaired) electrons. The maximum Gasteiger partial charge on any atom is 0.488 e. The maximum atomic E-state index is 11.9. The van der Waals surface area contributed by atoms with Gasteiger partial charge in [-0.15, -0.1) is 0 Å². The van der Waals surface area contributed by atoms with Crippen molar-refractivity contribution in [3.05, 3.63) is 33.9 Å². The number of amides is 1. The zero-order valence-electron chi connectivity index (χ0n) is 10.9. The van der Waals surface area contributed by atoms with E-state index in [1.807, 2.05) is 0 Å². The summed E-state index contributed by atoms with van der Waals surface area (Å²) in [5.41, 5.74) is -0.589. The first-order chi connectivity index (χ1) is 9.47. The Hall–Kier alpha value is -1.97. The van der Waals surface area contributed by atoms with Crippen molar-refractivity contribution in [3.63, 3.8) is 0 Å². The second-order valence-corrected chi connectivity index (χ2v) is 4.01. The van der Waals surface area contributed by atoms with E-state index in [4.69, 9.17) is 14.8 Å². The summed E-state index contributed by atoms with van der Waals surface area (Å²) in [6.45, 7) is 0.757. The summed E-state index contributed by atoms with van der Waals surface area (Å²) in [5.74, 6) is -0.643. The number of nitro benzene ring substituents is 1. The van der Waals surface area contributed by atoms with Gasteiger partial charge in [-0.1, -0.05) is 6.07 Å². The summed E-state index contributed by atoms with van der Waals surface area (Å²) in [5, 5.41) is 31.5. The van der Waals surface area contributed by atoms with Crippen molar-refractivity contribution in [2.75, 3.05) is 20.3 Å². The quantitative estimate of drug-likeness (QED) is 0.256. The van der Waals surface area contributed by atoms with Crippen molar-refractivity contribution in [1.29, 1.82) is 0 Å². The van der Waals surface area contributed by atoms with Crippen molar-refractivity contribution in [2.45, 2.75) is 6.42 Å². The molecule has 0 aliphatic rings. The van der Waals surface area contributed by atoms with Crippen LogP contribution >= 0.6 is 0 Å². The molecule has 0 aliphatic heterocycles. The third kappa shape index (κ3) is 4.30. The molecule has 0 atom stereocenters. The smallest absolute Gasteiger partial charge is 0.423 e. The highest BCUT2D eigenvalue weighted by Crippen LogP contribution is 2.16. The molecule has 3 N–H and O–H groups in total. The Bertz CT molecular complexity index is 494. The van der Waals surface area contributed by atoms with Crippen LogP contribution in [0.3, 0.4) is 0 Å². The number of hydrogen-bond acceptors (Lipinski definition) is 6. The molecule has 1 aromatic rings. The molecule has 1 amide bonds. The molecule has 0 heterocycles. The van der Waals surface area contributed by atoms with Crippen LogP contribution in [0.25, 0.3) is 0 Å². The number of benzene rings is 1. The van der Waals surface area contributed by atoms with E-state index >= 15 is 0 Å². The minimum Gasteiger partial charge on any atom is -0.423 e. The fourth-order valence-electron chi connectivity index (χ4n) is 1.57. The predicted octanol–water partition coefficient (Wildman–Crippen LogP) is -0.959. The fourth-order valence-corrected chi connectivity index (χ4v) is 1.57. The average Bonchev–Trinajstić information content (AvgIpc) is 2.42. The molecule has 0 bridgehead atoms. The lowest BCUT2D eigenvalue weighted by Crippen LogP contribution is -2.32. The van der Waals surface area contributed by atoms with Crippen molar-refractivity contribution < 1.29 is 24.5 Å². The second-order valence-electron chi connectivity index (χ2n) is 4.01. The molecule has 0 aromatic heterocycles. The SMILES string of the molecule is COCCCNC(=O)c1cc(B(O)O)ccc1[N+](=O)[O-]. The Balaban J connectivity index is 2.91. The molecule has 0 spiro atoms. The van der Waals surface area contributed by atoms with E-state index in [-0.39, 0.29) is 11.0 Å². The lowest BCUT2D eigenvalue weighted by Gasteiger charge is -2.07. The number of nitro groups is 1. The Kier molecular flexibility index (Phi) is 6.10. The van der Waals surface area contributed by atoms with Crippen LogP contribution in [0, 0.1) is 10.1 Å². The number of nitrogens with one attached hydrogen (secondary N) is 1. The van der Waals surface area contributed by atoms with Gasteiger partial charge in [-0.2, -0.15) is 0 Å². The molecule has 1 aromatic carbocycles. The average molecular weight is 282 g/mol. The Morgan fingerprint density at radius 3 is 2.75 bits per heavy atom. The zero-order valence-corrected chi connectivity index (χ0v) is 10.9. The molecule has 108 valence electrons. The van der Waals surface area contributed by atoms with Gasteiger partial charge in [0.05, 0.1) is 4.92 Å². The molecule has 0 unspecified atom stereocenters. The van der Waals surface area contributed by atoms with E-state index in [9.17, 15) is 14.9 Å². The lowest BCUT2D eigenvalue weighted by molar-refractivity contribution is -0.385. The van der Waals surface area contributed by atoms with E-state index in [1.165, 1.54) is 13.2 Å². The van der Waals surface area contributed by atoms with Crippen molar-refractivity contribution >= 4 is 24.2 Å². The van der Waals surface area contributed by atoms with E-state index in [0.717, 1.165) is 12.1 Å². The van der Waals surface area contributed by atoms with Gasteiger partial charge in [0.25, 0.3) is 11.6 Å². The van der Waals surface area contributed by atoms with Crippen LogP contribution in [0.2, 0.25) is 0 Å². The normalized spacial score (nSPS) is 10.2. The third-order valence-corrected chi connectivity index (χ3v) is 2.57. The molecular weight excluding hydrogens is 267 g/mol. The number of carbonyl (C=O) groups is 1. The molecule has 0 saturated heterocycles. The third-order valence-electron chi connectivity index (χ3n) is 2.57. The van der Waals surface area contributed by atoms with Gasteiger partial charge in [0, 0.05) is 26.3 Å². The van der Waals surface area contributed by atoms with Crippen molar-refractivity contribution in [2.24, 2.45) is 0 Å². The van der Waals surface area contributed by atoms with Gasteiger partial charge < -0.3 is 20.1 Å². The van der Waals surface area contributed by atoms with Crippen LogP contribution in [0.1, 0.15) is 16.8 Å². The molecule has 20 heavy (non-hydrogen) atoms. The van der Waals surface area contributed by atoms with Crippen LogP contribution in [-0.4, -0.2) is 48.3 Å². The van der Waals surface area contributed by atoms with Gasteiger partial charge in [0.15, 0.2) is 0 Å². The van der Waals surface area contributed by atoms with E-state index in [1.54, 1.807) is 0 Å². The number of rotatable bonds is 7. The first-order valence-corrected chi connectivity index (χ1v) is 5.89. The summed E-state index contributed by atoms with van der Waals surface area (Å²) in [6, 6.07) is 3.35. The van der Waals surface area contributed by atoms with E-state index in [0.29, 0.717) is 19.6 Å². The molecule has 9 heteroatoms. The zero-order chi connectivity index (χ0) is 15.1. The van der Waals surface area contributed by atoms with Crippen LogP contribution in [-0.2, 0) is 4.74 Å². The summed E-state index contributed by atoms with van der Waals surface area (Å²) in [6.07, 6.45) is 0.568. The van der Waals surface area contributed by atoms with Gasteiger partial charge >= 0.3 is 7.12 Å². The van der Waals surface area contributed by atoms with Crippen molar-refractivity contribution in [1.82, 2.24) is 5.32 Å². The monoisotopic (exact) mass is 282 g/mol. The summed E-state index contributed by atoms with van der Waals surface area (Å²) >= 11 is 0. The molecular formula is C11H15BN2O6. The molecule has 1 rings (SSSR count). The number of hydrogen-bond donors (Lipinski definition) is 3. The van der Waals surface area contributed by atoms with Crippen LogP contribution < -0.4 is 10.8 Å². The largest absolute Gasteiger partial charge is 0.488 e. The maximum absolute atomic E-state index is 11.9. The Labute approximate surface area is 115 Å². The van der Waals surface area contributed by atoms with Gasteiger partial charge in [0.2, 0.25) is 0 Å². The molecule has 0 fully saturated rings. The van der Waals surface area contributed by atoms with Crippen molar-refractivity contribution in [3.8, 4) is 0 Å². The van der Waals surface area contributed by atoms with Gasteiger partial charge in [0.1, 0.15) is 5.56 Å². The molecule has 0 saturated carbocycles. The minimum atomic E-state index is -1.80. The summed E-state index contributed by atoms with van der Waals surface area (Å²) in [7, 11) is -0.269. The fraction of sp³-hybridized carbons (Fsp3) is 0.364. The summed E-state index contributed by atoms with van der Waals surface area (Å²) < 4.78 is 4.82. The van der Waals surface area contributed by atoms with Gasteiger partial charge in [-0.05, 0) is 17.9 Å². The highest BCUT2D eigenvalue weighted by atomic mass is 16.6. The molecule has 0 aliphatic carbocycles. The molecule has 8 nitrogen and oxygen atoms in total. The van der Waals surface area contributed by atoms with Gasteiger partial charge in [-0.25, -0.2) is 0 Å². The first-order valence-electron chi connectivity index (χ1n) is 5.89. The standard InChI is InChI=1S/C11H15BN2O6/c1-20-6-2-5-13-11(15)9-7-8(12(16)17)3-4-10(9)14(18)19/h3-4,7,16-17H,2,5-6H2,1H3,(H,13,15). The second kappa shape index (κ2) is 7.58. The Morgan fingerprint density at radius 1 is 1.50 bits per heavy atom. The van der Waals surface area contributed by atoms with E-state index in [2.05, 4.69) is 5.32 Å².